The zero-order chi connectivity index (χ0) is 20.8. The van der Waals surface area contributed by atoms with Gasteiger partial charge in [0.25, 0.3) is 0 Å². The van der Waals surface area contributed by atoms with E-state index in [2.05, 4.69) is 14.9 Å². The largest absolute Gasteiger partial charge is 0.378 e. The maximum Gasteiger partial charge on any atom is 0.226 e. The van der Waals surface area contributed by atoms with Crippen molar-refractivity contribution in [2.45, 2.75) is 18.9 Å². The van der Waals surface area contributed by atoms with Gasteiger partial charge in [0, 0.05) is 33.1 Å². The number of ketones is 1. The van der Waals surface area contributed by atoms with Crippen LogP contribution in [0.5, 0.6) is 0 Å². The normalized spacial score (nSPS) is 23.0. The lowest BCUT2D eigenvalue weighted by atomic mass is 9.97. The number of nitrogens with zero attached hydrogens (tertiary/aromatic N) is 6. The highest BCUT2D eigenvalue weighted by atomic mass is 35.5. The van der Waals surface area contributed by atoms with E-state index in [-0.39, 0.29) is 21.9 Å². The predicted octanol–water partition coefficient (Wildman–Crippen LogP) is 0.929. The van der Waals surface area contributed by atoms with Gasteiger partial charge in [-0.1, -0.05) is 11.8 Å². The number of halogens is 1. The Hall–Kier alpha value is -1.75. The number of rotatable bonds is 5. The second-order valence-corrected chi connectivity index (χ2v) is 8.70. The van der Waals surface area contributed by atoms with Crippen LogP contribution in [-0.2, 0) is 27.8 Å². The van der Waals surface area contributed by atoms with Gasteiger partial charge in [0.2, 0.25) is 10.4 Å². The molecule has 156 valence electrons. The minimum Gasteiger partial charge on any atom is -0.378 e. The lowest BCUT2D eigenvalue weighted by molar-refractivity contribution is -0.133. The van der Waals surface area contributed by atoms with Crippen LogP contribution in [0.3, 0.4) is 0 Å². The van der Waals surface area contributed by atoms with Crippen LogP contribution >= 0.6 is 23.4 Å². The van der Waals surface area contributed by atoms with Gasteiger partial charge in [-0.15, -0.1) is 0 Å². The van der Waals surface area contributed by atoms with Gasteiger partial charge >= 0.3 is 0 Å². The minimum atomic E-state index is -1.07. The average Bonchev–Trinajstić information content (AvgIpc) is 3.18. The molecule has 0 amide bonds. The summed E-state index contributed by atoms with van der Waals surface area (Å²) in [6.07, 6.45) is 0.560. The summed E-state index contributed by atoms with van der Waals surface area (Å²) in [6, 6.07) is 0. The third kappa shape index (κ3) is 3.52. The number of carbonyl (C=O) groups is 2. The van der Waals surface area contributed by atoms with E-state index in [0.29, 0.717) is 43.2 Å². The van der Waals surface area contributed by atoms with E-state index in [1.54, 1.807) is 14.0 Å². The van der Waals surface area contributed by atoms with E-state index in [0.717, 1.165) is 30.7 Å². The van der Waals surface area contributed by atoms with Crippen molar-refractivity contribution in [1.82, 2.24) is 24.4 Å². The van der Waals surface area contributed by atoms with Crippen molar-refractivity contribution < 1.29 is 14.3 Å². The molecular formula is C18H23ClN6O3S. The molecule has 2 saturated heterocycles. The maximum absolute atomic E-state index is 12.3. The summed E-state index contributed by atoms with van der Waals surface area (Å²) in [6.45, 7) is 4.92. The Bertz CT molecular complexity index is 958. The second kappa shape index (κ2) is 7.82. The molecule has 9 nitrogen and oxygen atoms in total. The molecule has 0 radical (unpaired) electrons. The Morgan fingerprint density at radius 2 is 1.97 bits per heavy atom. The molecule has 1 atom stereocenters. The fourth-order valence-electron chi connectivity index (χ4n) is 3.67. The Morgan fingerprint density at radius 1 is 1.24 bits per heavy atom. The Morgan fingerprint density at radius 3 is 2.62 bits per heavy atom. The lowest BCUT2D eigenvalue weighted by Crippen LogP contribution is -2.53. The molecule has 0 N–H and O–H groups in total. The zero-order valence-corrected chi connectivity index (χ0v) is 18.2. The molecule has 2 aromatic rings. The molecule has 1 unspecified atom stereocenters. The second-order valence-electron chi connectivity index (χ2n) is 7.42. The van der Waals surface area contributed by atoms with E-state index in [9.17, 15) is 9.59 Å². The molecule has 4 rings (SSSR count). The van der Waals surface area contributed by atoms with Crippen molar-refractivity contribution in [2.24, 2.45) is 7.05 Å². The highest BCUT2D eigenvalue weighted by Gasteiger charge is 2.49. The number of imidazole rings is 1. The van der Waals surface area contributed by atoms with E-state index >= 15 is 0 Å². The number of hydrogen-bond acceptors (Lipinski definition) is 9. The molecule has 11 heteroatoms. The maximum atomic E-state index is 12.3. The molecule has 0 bridgehead atoms. The average molecular weight is 439 g/mol. The first-order valence-electron chi connectivity index (χ1n) is 9.45. The van der Waals surface area contributed by atoms with E-state index in [4.69, 9.17) is 21.3 Å². The van der Waals surface area contributed by atoms with Crippen LogP contribution in [0.1, 0.15) is 12.7 Å². The SMILES string of the molecule is CN(CCc1nc2c(N3CCOCC3)nc(Cl)nc2n1C)C1(C)C(=O)CSC1=O. The number of Topliss-reactive ketones (excluding diaryl/α,β-unsaturated/α-hetero) is 1. The fraction of sp³-hybridized carbons (Fsp3) is 0.611. The predicted molar refractivity (Wildman–Crippen MR) is 112 cm³/mol. The molecule has 2 aliphatic heterocycles. The number of aryl methyl sites for hydroxylation is 1. The fourth-order valence-corrected chi connectivity index (χ4v) is 4.93. The van der Waals surface area contributed by atoms with Crippen molar-refractivity contribution in [1.29, 1.82) is 0 Å². The lowest BCUT2D eigenvalue weighted by Gasteiger charge is -2.31. The summed E-state index contributed by atoms with van der Waals surface area (Å²) in [7, 11) is 3.70. The van der Waals surface area contributed by atoms with Gasteiger partial charge in [-0.3, -0.25) is 14.5 Å². The smallest absolute Gasteiger partial charge is 0.226 e. The number of morpholine rings is 1. The van der Waals surface area contributed by atoms with Gasteiger partial charge in [0.05, 0.1) is 19.0 Å². The van der Waals surface area contributed by atoms with Crippen LogP contribution in [-0.4, -0.2) is 86.5 Å². The van der Waals surface area contributed by atoms with Gasteiger partial charge < -0.3 is 14.2 Å². The molecule has 4 heterocycles. The van der Waals surface area contributed by atoms with Crippen LogP contribution in [0.15, 0.2) is 0 Å². The van der Waals surface area contributed by atoms with Crippen LogP contribution in [0.25, 0.3) is 11.2 Å². The molecule has 0 spiro atoms. The first-order chi connectivity index (χ1) is 13.8. The van der Waals surface area contributed by atoms with E-state index in [1.807, 2.05) is 16.5 Å². The summed E-state index contributed by atoms with van der Waals surface area (Å²) < 4.78 is 7.33. The molecule has 29 heavy (non-hydrogen) atoms. The molecule has 0 saturated carbocycles. The van der Waals surface area contributed by atoms with E-state index in [1.165, 1.54) is 0 Å². The summed E-state index contributed by atoms with van der Waals surface area (Å²) in [5.74, 6) is 1.70. The first kappa shape index (κ1) is 20.5. The Labute approximate surface area is 177 Å². The van der Waals surface area contributed by atoms with E-state index < -0.39 is 5.54 Å². The Balaban J connectivity index is 1.61. The number of anilines is 1. The summed E-state index contributed by atoms with van der Waals surface area (Å²) >= 11 is 7.27. The third-order valence-electron chi connectivity index (χ3n) is 5.79. The number of thioether (sulfide) groups is 1. The van der Waals surface area contributed by atoms with Gasteiger partial charge in [-0.05, 0) is 25.6 Å². The molecular weight excluding hydrogens is 416 g/mol. The van der Waals surface area contributed by atoms with Crippen LogP contribution in [0.2, 0.25) is 5.28 Å². The minimum absolute atomic E-state index is 0.0488. The molecule has 2 fully saturated rings. The molecule has 2 aromatic heterocycles. The molecule has 0 aromatic carbocycles. The van der Waals surface area contributed by atoms with Crippen molar-refractivity contribution in [2.75, 3.05) is 50.5 Å². The number of hydrogen-bond donors (Lipinski definition) is 0. The van der Waals surface area contributed by atoms with Crippen molar-refractivity contribution >= 4 is 51.2 Å². The number of likely N-dealkylation sites (N-methyl/N-ethyl adjacent to an activating group) is 1. The van der Waals surface area contributed by atoms with Gasteiger partial charge in [-0.2, -0.15) is 9.97 Å². The molecule has 0 aliphatic carbocycles. The van der Waals surface area contributed by atoms with Gasteiger partial charge in [0.15, 0.2) is 22.8 Å². The third-order valence-corrected chi connectivity index (χ3v) is 7.02. The zero-order valence-electron chi connectivity index (χ0n) is 16.6. The summed E-state index contributed by atoms with van der Waals surface area (Å²) in [4.78, 5) is 42.0. The van der Waals surface area contributed by atoms with Crippen LogP contribution in [0.4, 0.5) is 5.82 Å². The summed E-state index contributed by atoms with van der Waals surface area (Å²) in [5.41, 5.74) is 0.294. The standard InChI is InChI=1S/C18H23ClN6O3S/c1-18(11(26)10-29-16(18)27)23(2)5-4-12-20-13-14(24(12)3)21-17(19)22-15(13)25-6-8-28-9-7-25/h4-10H2,1-3H3. The quantitative estimate of drug-likeness (QED) is 0.499. The van der Waals surface area contributed by atoms with Gasteiger partial charge in [-0.25, -0.2) is 4.98 Å². The number of carbonyl (C=O) groups excluding carboxylic acids is 2. The van der Waals surface area contributed by atoms with Gasteiger partial charge in [0.1, 0.15) is 11.4 Å². The molecule has 2 aliphatic rings. The van der Waals surface area contributed by atoms with Crippen molar-refractivity contribution in [3.05, 3.63) is 11.1 Å². The topological polar surface area (TPSA) is 93.5 Å². The van der Waals surface area contributed by atoms with Crippen LogP contribution in [0, 0.1) is 0 Å². The summed E-state index contributed by atoms with van der Waals surface area (Å²) in [5, 5.41) is 0.0830. The Kier molecular flexibility index (Phi) is 5.54. The highest BCUT2D eigenvalue weighted by molar-refractivity contribution is 8.15. The van der Waals surface area contributed by atoms with Crippen molar-refractivity contribution in [3.8, 4) is 0 Å². The number of aromatic nitrogens is 4. The number of fused-ring (bicyclic) bond motifs is 1. The number of ether oxygens (including phenoxy) is 1. The monoisotopic (exact) mass is 438 g/mol. The van der Waals surface area contributed by atoms with Crippen LogP contribution < -0.4 is 4.90 Å². The van der Waals surface area contributed by atoms with Crippen molar-refractivity contribution in [3.63, 3.8) is 0 Å². The highest BCUT2D eigenvalue weighted by Crippen LogP contribution is 2.31. The first-order valence-corrected chi connectivity index (χ1v) is 10.8.